The highest BCUT2D eigenvalue weighted by molar-refractivity contribution is 7.13. The van der Waals surface area contributed by atoms with Gasteiger partial charge in [-0.2, -0.15) is 0 Å². The third kappa shape index (κ3) is 2.59. The number of thiophene rings is 1. The second-order valence-corrected chi connectivity index (χ2v) is 6.23. The van der Waals surface area contributed by atoms with Crippen LogP contribution in [0.25, 0.3) is 21.6 Å². The Bertz CT molecular complexity index is 994. The van der Waals surface area contributed by atoms with Crippen molar-refractivity contribution in [2.24, 2.45) is 7.05 Å². The second-order valence-electron chi connectivity index (χ2n) is 5.29. The molecule has 120 valence electrons. The van der Waals surface area contributed by atoms with Crippen LogP contribution < -0.4 is 10.1 Å². The summed E-state index contributed by atoms with van der Waals surface area (Å²) >= 11 is 1.65. The molecule has 4 aromatic rings. The zero-order valence-corrected chi connectivity index (χ0v) is 14.0. The SMILES string of the molecule is COc1cc(-c2cccs2)ncc1Nc1cc2c(cn1)ncn2C. The van der Waals surface area contributed by atoms with Crippen LogP contribution in [-0.2, 0) is 7.05 Å². The van der Waals surface area contributed by atoms with Crippen LogP contribution in [0.3, 0.4) is 0 Å². The maximum Gasteiger partial charge on any atom is 0.146 e. The summed E-state index contributed by atoms with van der Waals surface area (Å²) in [5.41, 5.74) is 3.53. The van der Waals surface area contributed by atoms with Gasteiger partial charge in [-0.1, -0.05) is 6.07 Å². The molecule has 0 atom stereocenters. The second kappa shape index (κ2) is 5.93. The number of anilines is 2. The topological polar surface area (TPSA) is 64.9 Å². The average Bonchev–Trinajstić information content (AvgIpc) is 3.26. The van der Waals surface area contributed by atoms with Gasteiger partial charge in [0.15, 0.2) is 0 Å². The molecule has 0 spiro atoms. The predicted octanol–water partition coefficient (Wildman–Crippen LogP) is 3.84. The molecule has 0 radical (unpaired) electrons. The number of aromatic nitrogens is 4. The van der Waals surface area contributed by atoms with Crippen molar-refractivity contribution in [3.8, 4) is 16.3 Å². The van der Waals surface area contributed by atoms with Gasteiger partial charge < -0.3 is 14.6 Å². The molecular formula is C17H15N5OS. The van der Waals surface area contributed by atoms with Crippen molar-refractivity contribution in [3.05, 3.63) is 48.4 Å². The van der Waals surface area contributed by atoms with E-state index in [1.54, 1.807) is 37.2 Å². The van der Waals surface area contributed by atoms with Crippen LogP contribution in [0.15, 0.2) is 48.4 Å². The highest BCUT2D eigenvalue weighted by atomic mass is 32.1. The van der Waals surface area contributed by atoms with E-state index in [1.807, 2.05) is 41.3 Å². The lowest BCUT2D eigenvalue weighted by molar-refractivity contribution is 0.416. The molecule has 0 saturated carbocycles. The predicted molar refractivity (Wildman–Crippen MR) is 95.9 cm³/mol. The highest BCUT2D eigenvalue weighted by Gasteiger charge is 2.10. The summed E-state index contributed by atoms with van der Waals surface area (Å²) in [6, 6.07) is 7.93. The molecule has 1 N–H and O–H groups in total. The Morgan fingerprint density at radius 2 is 2.08 bits per heavy atom. The van der Waals surface area contributed by atoms with Crippen LogP contribution in [0.1, 0.15) is 0 Å². The number of pyridine rings is 2. The first-order valence-electron chi connectivity index (χ1n) is 7.36. The Labute approximate surface area is 142 Å². The lowest BCUT2D eigenvalue weighted by Crippen LogP contribution is -1.98. The van der Waals surface area contributed by atoms with Crippen LogP contribution >= 0.6 is 11.3 Å². The first-order chi connectivity index (χ1) is 11.7. The summed E-state index contributed by atoms with van der Waals surface area (Å²) in [6.45, 7) is 0. The summed E-state index contributed by atoms with van der Waals surface area (Å²) in [5, 5.41) is 5.30. The number of fused-ring (bicyclic) bond motifs is 1. The third-order valence-electron chi connectivity index (χ3n) is 3.73. The minimum absolute atomic E-state index is 0.718. The molecule has 4 aromatic heterocycles. The highest BCUT2D eigenvalue weighted by Crippen LogP contribution is 2.32. The number of methoxy groups -OCH3 is 1. The quantitative estimate of drug-likeness (QED) is 0.613. The molecule has 0 aromatic carbocycles. The summed E-state index contributed by atoms with van der Waals surface area (Å²) < 4.78 is 7.47. The first kappa shape index (κ1) is 14.6. The van der Waals surface area contributed by atoms with Gasteiger partial charge in [0.25, 0.3) is 0 Å². The zero-order chi connectivity index (χ0) is 16.5. The number of rotatable bonds is 4. The van der Waals surface area contributed by atoms with Crippen molar-refractivity contribution in [2.75, 3.05) is 12.4 Å². The van der Waals surface area contributed by atoms with E-state index in [-0.39, 0.29) is 0 Å². The fourth-order valence-electron chi connectivity index (χ4n) is 2.50. The van der Waals surface area contributed by atoms with Gasteiger partial charge in [0.05, 0.1) is 41.9 Å². The standard InChI is InChI=1S/C17H15N5OS/c1-22-10-20-12-8-19-17(7-14(12)22)21-13-9-18-11(6-15(13)23-2)16-4-3-5-24-16/h3-10H,1-2H3,(H,19,21). The lowest BCUT2D eigenvalue weighted by atomic mass is 10.2. The minimum atomic E-state index is 0.718. The number of hydrogen-bond donors (Lipinski definition) is 1. The molecule has 24 heavy (non-hydrogen) atoms. The normalized spacial score (nSPS) is 10.9. The summed E-state index contributed by atoms with van der Waals surface area (Å²) in [6.07, 6.45) is 5.29. The van der Waals surface area contributed by atoms with Gasteiger partial charge in [0.2, 0.25) is 0 Å². The summed E-state index contributed by atoms with van der Waals surface area (Å²) in [7, 11) is 3.60. The monoisotopic (exact) mass is 337 g/mol. The number of ether oxygens (including phenoxy) is 1. The maximum atomic E-state index is 5.51. The number of imidazole rings is 1. The van der Waals surface area contributed by atoms with Crippen LogP contribution in [0, 0.1) is 0 Å². The molecule has 0 amide bonds. The molecule has 6 nitrogen and oxygen atoms in total. The molecular weight excluding hydrogens is 322 g/mol. The minimum Gasteiger partial charge on any atom is -0.494 e. The molecule has 0 bridgehead atoms. The molecule has 4 heterocycles. The fourth-order valence-corrected chi connectivity index (χ4v) is 3.19. The van der Waals surface area contributed by atoms with Gasteiger partial charge in [-0.15, -0.1) is 11.3 Å². The maximum absolute atomic E-state index is 5.51. The number of aryl methyl sites for hydroxylation is 1. The summed E-state index contributed by atoms with van der Waals surface area (Å²) in [5.74, 6) is 1.44. The van der Waals surface area contributed by atoms with Crippen molar-refractivity contribution in [2.45, 2.75) is 0 Å². The van der Waals surface area contributed by atoms with E-state index in [2.05, 4.69) is 20.3 Å². The molecule has 0 fully saturated rings. The molecule has 0 aliphatic carbocycles. The molecule has 0 unspecified atom stereocenters. The third-order valence-corrected chi connectivity index (χ3v) is 4.63. The molecule has 0 aliphatic rings. The van der Waals surface area contributed by atoms with Gasteiger partial charge >= 0.3 is 0 Å². The van der Waals surface area contributed by atoms with E-state index < -0.39 is 0 Å². The van der Waals surface area contributed by atoms with Crippen LogP contribution in [0.4, 0.5) is 11.5 Å². The van der Waals surface area contributed by atoms with E-state index in [1.165, 1.54) is 0 Å². The molecule has 4 rings (SSSR count). The van der Waals surface area contributed by atoms with Crippen molar-refractivity contribution in [1.29, 1.82) is 0 Å². The van der Waals surface area contributed by atoms with Crippen molar-refractivity contribution >= 4 is 33.9 Å². The Balaban J connectivity index is 1.68. The summed E-state index contributed by atoms with van der Waals surface area (Å²) in [4.78, 5) is 14.3. The molecule has 0 saturated heterocycles. The lowest BCUT2D eigenvalue weighted by Gasteiger charge is -2.11. The van der Waals surface area contributed by atoms with Crippen LogP contribution in [0.5, 0.6) is 5.75 Å². The van der Waals surface area contributed by atoms with E-state index in [4.69, 9.17) is 4.74 Å². The Hall–Kier alpha value is -2.93. The van der Waals surface area contributed by atoms with E-state index in [9.17, 15) is 0 Å². The molecule has 7 heteroatoms. The average molecular weight is 337 g/mol. The van der Waals surface area contributed by atoms with Gasteiger partial charge in [-0.05, 0) is 11.4 Å². The number of hydrogen-bond acceptors (Lipinski definition) is 6. The van der Waals surface area contributed by atoms with E-state index >= 15 is 0 Å². The zero-order valence-electron chi connectivity index (χ0n) is 13.2. The van der Waals surface area contributed by atoms with E-state index in [0.29, 0.717) is 0 Å². The number of nitrogens with one attached hydrogen (secondary N) is 1. The van der Waals surface area contributed by atoms with Gasteiger partial charge in [-0.25, -0.2) is 9.97 Å². The van der Waals surface area contributed by atoms with Gasteiger partial charge in [0.1, 0.15) is 22.8 Å². The van der Waals surface area contributed by atoms with Crippen LogP contribution in [0.2, 0.25) is 0 Å². The van der Waals surface area contributed by atoms with Crippen LogP contribution in [-0.4, -0.2) is 26.6 Å². The van der Waals surface area contributed by atoms with Crippen molar-refractivity contribution in [1.82, 2.24) is 19.5 Å². The Kier molecular flexibility index (Phi) is 3.62. The number of nitrogens with zero attached hydrogens (tertiary/aromatic N) is 4. The smallest absolute Gasteiger partial charge is 0.146 e. The fraction of sp³-hybridized carbons (Fsp3) is 0.118. The van der Waals surface area contributed by atoms with Crippen molar-refractivity contribution in [3.63, 3.8) is 0 Å². The van der Waals surface area contributed by atoms with Crippen molar-refractivity contribution < 1.29 is 4.74 Å². The Morgan fingerprint density at radius 3 is 2.88 bits per heavy atom. The first-order valence-corrected chi connectivity index (χ1v) is 8.24. The molecule has 0 aliphatic heterocycles. The Morgan fingerprint density at radius 1 is 1.17 bits per heavy atom. The van der Waals surface area contributed by atoms with Gasteiger partial charge in [0, 0.05) is 19.2 Å². The van der Waals surface area contributed by atoms with Gasteiger partial charge in [-0.3, -0.25) is 4.98 Å². The largest absolute Gasteiger partial charge is 0.494 e. The van der Waals surface area contributed by atoms with E-state index in [0.717, 1.165) is 38.9 Å².